The van der Waals surface area contributed by atoms with Crippen molar-refractivity contribution in [2.75, 3.05) is 0 Å². The third kappa shape index (κ3) is 3.96. The lowest BCUT2D eigenvalue weighted by molar-refractivity contribution is 0.451. The molecule has 0 radical (unpaired) electrons. The van der Waals surface area contributed by atoms with E-state index in [9.17, 15) is 17.2 Å². The van der Waals surface area contributed by atoms with E-state index in [-0.39, 0.29) is 32.4 Å². The summed E-state index contributed by atoms with van der Waals surface area (Å²) in [5.74, 6) is -0.612. The predicted molar refractivity (Wildman–Crippen MR) is 102 cm³/mol. The van der Waals surface area contributed by atoms with Gasteiger partial charge < -0.3 is 8.83 Å². The number of halogens is 2. The zero-order valence-corrected chi connectivity index (χ0v) is 16.3. The van der Waals surface area contributed by atoms with Crippen LogP contribution in [0.3, 0.4) is 0 Å². The van der Waals surface area contributed by atoms with Crippen LogP contribution in [-0.4, -0.2) is 13.4 Å². The molecule has 0 aliphatic rings. The van der Waals surface area contributed by atoms with E-state index in [2.05, 4.69) is 4.98 Å². The van der Waals surface area contributed by atoms with Crippen LogP contribution >= 0.6 is 11.8 Å². The van der Waals surface area contributed by atoms with Crippen molar-refractivity contribution in [1.82, 2.24) is 4.98 Å². The van der Waals surface area contributed by atoms with Crippen molar-refractivity contribution < 1.29 is 26.0 Å². The van der Waals surface area contributed by atoms with Gasteiger partial charge >= 0.3 is 0 Å². The lowest BCUT2D eigenvalue weighted by atomic mass is 10.2. The molecule has 9 heteroatoms. The van der Waals surface area contributed by atoms with Crippen molar-refractivity contribution in [1.29, 1.82) is 0 Å². The second-order valence-corrected chi connectivity index (χ2v) is 8.74. The monoisotopic (exact) mass is 433 g/mol. The number of sulfone groups is 1. The summed E-state index contributed by atoms with van der Waals surface area (Å²) in [5.41, 5.74) is 0.388. The lowest BCUT2D eigenvalue weighted by Gasteiger charge is -2.04. The van der Waals surface area contributed by atoms with Crippen LogP contribution in [0.4, 0.5) is 8.78 Å². The van der Waals surface area contributed by atoms with E-state index in [4.69, 9.17) is 8.83 Å². The van der Waals surface area contributed by atoms with Crippen LogP contribution in [0, 0.1) is 11.6 Å². The second-order valence-electron chi connectivity index (χ2n) is 5.93. The molecule has 0 saturated heterocycles. The van der Waals surface area contributed by atoms with E-state index in [0.717, 1.165) is 36.0 Å². The number of hydrogen-bond acceptors (Lipinski definition) is 6. The first-order chi connectivity index (χ1) is 13.9. The first kappa shape index (κ1) is 19.4. The minimum absolute atomic E-state index is 0.0102. The average molecular weight is 433 g/mol. The number of benzene rings is 2. The van der Waals surface area contributed by atoms with Crippen molar-refractivity contribution in [3.63, 3.8) is 0 Å². The molecule has 0 atom stereocenters. The Morgan fingerprint density at radius 2 is 1.72 bits per heavy atom. The van der Waals surface area contributed by atoms with Crippen LogP contribution in [0.5, 0.6) is 0 Å². The average Bonchev–Trinajstić information content (AvgIpc) is 3.38. The number of nitrogens with zero attached hydrogens (tertiary/aromatic N) is 1. The first-order valence-corrected chi connectivity index (χ1v) is 10.8. The van der Waals surface area contributed by atoms with Crippen LogP contribution in [0.15, 0.2) is 90.8 Å². The maximum atomic E-state index is 13.9. The van der Waals surface area contributed by atoms with Gasteiger partial charge in [-0.15, -0.1) is 0 Å². The number of aromatic nitrogens is 1. The molecule has 29 heavy (non-hydrogen) atoms. The molecule has 0 N–H and O–H groups in total. The van der Waals surface area contributed by atoms with E-state index in [1.54, 1.807) is 30.3 Å². The highest BCUT2D eigenvalue weighted by Gasteiger charge is 2.29. The van der Waals surface area contributed by atoms with Crippen LogP contribution in [0.1, 0.15) is 5.56 Å². The smallest absolute Gasteiger partial charge is 0.265 e. The molecule has 5 nitrogen and oxygen atoms in total. The molecule has 0 fully saturated rings. The van der Waals surface area contributed by atoms with Gasteiger partial charge in [-0.3, -0.25) is 0 Å². The van der Waals surface area contributed by atoms with Gasteiger partial charge in [-0.1, -0.05) is 30.0 Å². The highest BCUT2D eigenvalue weighted by atomic mass is 32.2. The van der Waals surface area contributed by atoms with Crippen LogP contribution < -0.4 is 0 Å². The third-order valence-corrected chi connectivity index (χ3v) is 6.80. The van der Waals surface area contributed by atoms with Gasteiger partial charge in [0.15, 0.2) is 5.76 Å². The zero-order valence-electron chi connectivity index (χ0n) is 14.7. The van der Waals surface area contributed by atoms with Gasteiger partial charge in [0.25, 0.3) is 5.89 Å². The molecule has 2 heterocycles. The Bertz CT molecular complexity index is 1230. The minimum atomic E-state index is -4.10. The predicted octanol–water partition coefficient (Wildman–Crippen LogP) is 5.34. The molecule has 0 unspecified atom stereocenters. The molecule has 148 valence electrons. The van der Waals surface area contributed by atoms with Crippen molar-refractivity contribution in [3.8, 4) is 11.7 Å². The van der Waals surface area contributed by atoms with E-state index in [1.807, 2.05) is 0 Å². The summed E-state index contributed by atoms with van der Waals surface area (Å²) in [4.78, 5) is 3.97. The quantitative estimate of drug-likeness (QED) is 0.302. The lowest BCUT2D eigenvalue weighted by Crippen LogP contribution is -2.04. The van der Waals surface area contributed by atoms with Crippen molar-refractivity contribution in [3.05, 3.63) is 84.1 Å². The summed E-state index contributed by atoms with van der Waals surface area (Å²) in [7, 11) is -4.10. The number of oxazole rings is 1. The number of furan rings is 1. The molecular weight excluding hydrogens is 420 g/mol. The summed E-state index contributed by atoms with van der Waals surface area (Å²) < 4.78 is 64.1. The molecular formula is C20H13F2NO4S2. The summed E-state index contributed by atoms with van der Waals surface area (Å²) in [6, 6.07) is 13.8. The van der Waals surface area contributed by atoms with Crippen LogP contribution in [0.25, 0.3) is 11.7 Å². The Morgan fingerprint density at radius 3 is 2.41 bits per heavy atom. The van der Waals surface area contributed by atoms with Gasteiger partial charge in [0.05, 0.1) is 11.2 Å². The minimum Gasteiger partial charge on any atom is -0.459 e. The second kappa shape index (κ2) is 7.84. The largest absolute Gasteiger partial charge is 0.459 e. The van der Waals surface area contributed by atoms with E-state index < -0.39 is 21.5 Å². The van der Waals surface area contributed by atoms with Crippen LogP contribution in [-0.2, 0) is 15.6 Å². The molecule has 2 aromatic heterocycles. The Labute approximate surface area is 169 Å². The van der Waals surface area contributed by atoms with Crippen molar-refractivity contribution in [2.45, 2.75) is 20.8 Å². The Hall–Kier alpha value is -2.91. The van der Waals surface area contributed by atoms with Gasteiger partial charge in [0, 0.05) is 5.75 Å². The number of rotatable bonds is 6. The summed E-state index contributed by atoms with van der Waals surface area (Å²) in [5, 5.41) is -0.346. The fourth-order valence-electron chi connectivity index (χ4n) is 2.54. The molecule has 0 aliphatic carbocycles. The topological polar surface area (TPSA) is 73.3 Å². The summed E-state index contributed by atoms with van der Waals surface area (Å²) in [6.07, 6.45) is 1.40. The van der Waals surface area contributed by atoms with Gasteiger partial charge in [0.1, 0.15) is 11.6 Å². The molecule has 2 aromatic carbocycles. The standard InChI is InChI=1S/C20H13F2NO4S2/c21-14-7-9-15(10-8-14)29(24,25)19-20(27-18(23-19)17-6-3-11-26-17)28-12-13-4-1-2-5-16(13)22/h1-11H,12H2. The van der Waals surface area contributed by atoms with Gasteiger partial charge in [-0.25, -0.2) is 17.2 Å². The molecule has 0 bridgehead atoms. The molecule has 4 rings (SSSR count). The maximum absolute atomic E-state index is 13.9. The van der Waals surface area contributed by atoms with Crippen LogP contribution in [0.2, 0.25) is 0 Å². The van der Waals surface area contributed by atoms with Crippen molar-refractivity contribution >= 4 is 21.6 Å². The Kier molecular flexibility index (Phi) is 5.25. The summed E-state index contributed by atoms with van der Waals surface area (Å²) >= 11 is 0.993. The normalized spacial score (nSPS) is 11.7. The highest BCUT2D eigenvalue weighted by molar-refractivity contribution is 7.99. The fraction of sp³-hybridized carbons (Fsp3) is 0.0500. The SMILES string of the molecule is O=S(=O)(c1ccc(F)cc1)c1nc(-c2ccco2)oc1SCc1ccccc1F. The van der Waals surface area contributed by atoms with E-state index in [0.29, 0.717) is 5.56 Å². The van der Waals surface area contributed by atoms with Gasteiger partial charge in [0.2, 0.25) is 20.0 Å². The highest BCUT2D eigenvalue weighted by Crippen LogP contribution is 2.36. The van der Waals surface area contributed by atoms with E-state index >= 15 is 0 Å². The van der Waals surface area contributed by atoms with E-state index in [1.165, 1.54) is 12.3 Å². The fourth-order valence-corrected chi connectivity index (χ4v) is 5.06. The molecule has 0 spiro atoms. The van der Waals surface area contributed by atoms with Gasteiger partial charge in [-0.2, -0.15) is 4.98 Å². The molecule has 4 aromatic rings. The Balaban J connectivity index is 1.75. The third-order valence-electron chi connectivity index (χ3n) is 3.99. The number of hydrogen-bond donors (Lipinski definition) is 0. The first-order valence-electron chi connectivity index (χ1n) is 8.37. The summed E-state index contributed by atoms with van der Waals surface area (Å²) in [6.45, 7) is 0. The molecule has 0 aliphatic heterocycles. The Morgan fingerprint density at radius 1 is 0.966 bits per heavy atom. The van der Waals surface area contributed by atoms with Gasteiger partial charge in [-0.05, 0) is 48.0 Å². The van der Waals surface area contributed by atoms with Crippen molar-refractivity contribution in [2.24, 2.45) is 0 Å². The zero-order chi connectivity index (χ0) is 20.4. The maximum Gasteiger partial charge on any atom is 0.265 e. The number of thioether (sulfide) groups is 1. The molecule has 0 amide bonds. The molecule has 0 saturated carbocycles.